The Hall–Kier alpha value is -3.56. The Labute approximate surface area is 145 Å². The third-order valence-corrected chi connectivity index (χ3v) is 3.20. The van der Waals surface area contributed by atoms with Crippen LogP contribution in [0.15, 0.2) is 42.5 Å². The van der Waals surface area contributed by atoms with Crippen molar-refractivity contribution in [2.24, 2.45) is 0 Å². The predicted molar refractivity (Wildman–Crippen MR) is 85.2 cm³/mol. The maximum Gasteiger partial charge on any atom is 0.305 e. The van der Waals surface area contributed by atoms with Gasteiger partial charge in [-0.25, -0.2) is 4.39 Å². The lowest BCUT2D eigenvalue weighted by Gasteiger charge is -2.15. The molecule has 0 unspecified atom stereocenters. The molecule has 2 aromatic rings. The summed E-state index contributed by atoms with van der Waals surface area (Å²) in [6, 6.07) is 7.52. The van der Waals surface area contributed by atoms with Gasteiger partial charge in [-0.15, -0.1) is 0 Å². The Morgan fingerprint density at radius 2 is 1.77 bits per heavy atom. The number of carbonyl (C=O) groups is 2. The van der Waals surface area contributed by atoms with Crippen LogP contribution in [0, 0.1) is 21.7 Å². The number of halogens is 2. The van der Waals surface area contributed by atoms with Crippen LogP contribution in [0.2, 0.25) is 0 Å². The zero-order valence-electron chi connectivity index (χ0n) is 13.4. The van der Waals surface area contributed by atoms with Gasteiger partial charge in [-0.3, -0.25) is 30.6 Å². The van der Waals surface area contributed by atoms with E-state index in [2.05, 4.69) is 5.43 Å². The van der Waals surface area contributed by atoms with Crippen molar-refractivity contribution >= 4 is 17.5 Å². The van der Waals surface area contributed by atoms with Gasteiger partial charge in [0.05, 0.1) is 4.92 Å². The number of rotatable bonds is 5. The van der Waals surface area contributed by atoms with Gasteiger partial charge in [-0.05, 0) is 43.3 Å². The Morgan fingerprint density at radius 1 is 1.12 bits per heavy atom. The molecule has 26 heavy (non-hydrogen) atoms. The largest absolute Gasteiger partial charge is 0.481 e. The van der Waals surface area contributed by atoms with Crippen molar-refractivity contribution in [3.05, 3.63) is 69.8 Å². The molecule has 0 aliphatic heterocycles. The second-order valence-electron chi connectivity index (χ2n) is 5.08. The molecule has 8 nitrogen and oxygen atoms in total. The third-order valence-electron chi connectivity index (χ3n) is 3.20. The molecule has 0 saturated heterocycles. The highest BCUT2D eigenvalue weighted by Crippen LogP contribution is 2.18. The Balaban J connectivity index is 1.93. The van der Waals surface area contributed by atoms with E-state index >= 15 is 0 Å². The minimum Gasteiger partial charge on any atom is -0.481 e. The van der Waals surface area contributed by atoms with Crippen LogP contribution < -0.4 is 15.6 Å². The maximum atomic E-state index is 13.3. The molecule has 136 valence electrons. The van der Waals surface area contributed by atoms with Crippen LogP contribution in [-0.4, -0.2) is 22.8 Å². The van der Waals surface area contributed by atoms with Gasteiger partial charge in [-0.2, -0.15) is 4.39 Å². The molecule has 0 aromatic heterocycles. The molecule has 0 saturated carbocycles. The number of nitro groups is 1. The monoisotopic (exact) mass is 365 g/mol. The van der Waals surface area contributed by atoms with E-state index in [4.69, 9.17) is 4.74 Å². The number of nitrogens with one attached hydrogen (secondary N) is 2. The Bertz CT molecular complexity index is 842. The minimum atomic E-state index is -1.09. The van der Waals surface area contributed by atoms with E-state index in [0.717, 1.165) is 30.3 Å². The van der Waals surface area contributed by atoms with E-state index in [9.17, 15) is 28.5 Å². The topological polar surface area (TPSA) is 111 Å². The molecule has 0 fully saturated rings. The number of amides is 2. The first-order valence-electron chi connectivity index (χ1n) is 7.24. The number of benzene rings is 2. The van der Waals surface area contributed by atoms with E-state index in [1.807, 2.05) is 5.43 Å². The summed E-state index contributed by atoms with van der Waals surface area (Å²) < 4.78 is 31.3. The zero-order valence-corrected chi connectivity index (χ0v) is 13.4. The number of nitro benzene ring substituents is 1. The van der Waals surface area contributed by atoms with Crippen molar-refractivity contribution in [1.82, 2.24) is 10.9 Å². The molecule has 2 amide bonds. The molecule has 1 atom stereocenters. The van der Waals surface area contributed by atoms with Gasteiger partial charge in [0.25, 0.3) is 11.8 Å². The molecule has 2 N–H and O–H groups in total. The van der Waals surface area contributed by atoms with Crippen molar-refractivity contribution < 1.29 is 28.0 Å². The molecular formula is C16H13F2N3O5. The summed E-state index contributed by atoms with van der Waals surface area (Å²) in [5.74, 6) is -2.91. The fraction of sp³-hybridized carbons (Fsp3) is 0.125. The van der Waals surface area contributed by atoms with E-state index in [1.165, 1.54) is 19.1 Å². The second kappa shape index (κ2) is 8.01. The summed E-state index contributed by atoms with van der Waals surface area (Å²) in [5.41, 5.74) is 3.03. The van der Waals surface area contributed by atoms with Crippen LogP contribution in [0.4, 0.5) is 14.5 Å². The van der Waals surface area contributed by atoms with Crippen molar-refractivity contribution in [2.75, 3.05) is 0 Å². The van der Waals surface area contributed by atoms with Crippen LogP contribution in [0.5, 0.6) is 5.75 Å². The summed E-state index contributed by atoms with van der Waals surface area (Å²) in [5, 5.41) is 10.7. The molecule has 0 bridgehead atoms. The first-order chi connectivity index (χ1) is 12.3. The van der Waals surface area contributed by atoms with E-state index in [1.54, 1.807) is 0 Å². The van der Waals surface area contributed by atoms with Crippen LogP contribution in [0.25, 0.3) is 0 Å². The average Bonchev–Trinajstić information content (AvgIpc) is 2.61. The van der Waals surface area contributed by atoms with E-state index in [0.29, 0.717) is 0 Å². The smallest absolute Gasteiger partial charge is 0.305 e. The quantitative estimate of drug-likeness (QED) is 0.623. The van der Waals surface area contributed by atoms with Gasteiger partial charge in [0.15, 0.2) is 6.10 Å². The lowest BCUT2D eigenvalue weighted by atomic mass is 10.2. The van der Waals surface area contributed by atoms with Crippen LogP contribution in [-0.2, 0) is 4.79 Å². The molecule has 0 aliphatic carbocycles. The maximum absolute atomic E-state index is 13.3. The lowest BCUT2D eigenvalue weighted by Crippen LogP contribution is -2.47. The third kappa shape index (κ3) is 4.72. The SMILES string of the molecule is C[C@@H](Oc1ccc(F)cc1)C(=O)NNC(=O)c1ccc(F)c([N+](=O)[O-])c1. The standard InChI is InChI=1S/C16H13F2N3O5/c1-9(26-12-5-3-11(17)4-6-12)15(22)19-20-16(23)10-2-7-13(18)14(8-10)21(24)25/h2-9H,1H3,(H,19,22)(H,20,23)/t9-/m1/s1. The van der Waals surface area contributed by atoms with Crippen LogP contribution in [0.1, 0.15) is 17.3 Å². The van der Waals surface area contributed by atoms with Gasteiger partial charge >= 0.3 is 5.69 Å². The Kier molecular flexibility index (Phi) is 5.78. The highest BCUT2D eigenvalue weighted by atomic mass is 19.1. The summed E-state index contributed by atoms with van der Waals surface area (Å²) in [7, 11) is 0. The fourth-order valence-corrected chi connectivity index (χ4v) is 1.86. The summed E-state index contributed by atoms with van der Waals surface area (Å²) in [6.45, 7) is 1.40. The van der Waals surface area contributed by atoms with Crippen molar-refractivity contribution in [2.45, 2.75) is 13.0 Å². The molecule has 0 heterocycles. The number of ether oxygens (including phenoxy) is 1. The first-order valence-corrected chi connectivity index (χ1v) is 7.24. The normalized spacial score (nSPS) is 11.3. The van der Waals surface area contributed by atoms with Gasteiger partial charge in [0.2, 0.25) is 5.82 Å². The molecule has 0 spiro atoms. The predicted octanol–water partition coefficient (Wildman–Crippen LogP) is 2.10. The van der Waals surface area contributed by atoms with Crippen LogP contribution >= 0.6 is 0 Å². The molecule has 2 aromatic carbocycles. The number of hydrazine groups is 1. The summed E-state index contributed by atoms with van der Waals surface area (Å²) in [6.07, 6.45) is -1.02. The van der Waals surface area contributed by atoms with Gasteiger partial charge in [0.1, 0.15) is 11.6 Å². The molecule has 0 radical (unpaired) electrons. The average molecular weight is 365 g/mol. The summed E-state index contributed by atoms with van der Waals surface area (Å²) >= 11 is 0. The lowest BCUT2D eigenvalue weighted by molar-refractivity contribution is -0.387. The zero-order chi connectivity index (χ0) is 19.3. The molecular weight excluding hydrogens is 352 g/mol. The van der Waals surface area contributed by atoms with Gasteiger partial charge in [-0.1, -0.05) is 0 Å². The van der Waals surface area contributed by atoms with E-state index < -0.39 is 40.2 Å². The Morgan fingerprint density at radius 3 is 2.38 bits per heavy atom. The fourth-order valence-electron chi connectivity index (χ4n) is 1.86. The van der Waals surface area contributed by atoms with Crippen molar-refractivity contribution in [1.29, 1.82) is 0 Å². The van der Waals surface area contributed by atoms with Gasteiger partial charge < -0.3 is 4.74 Å². The number of hydrogen-bond donors (Lipinski definition) is 2. The number of hydrogen-bond acceptors (Lipinski definition) is 5. The molecule has 0 aliphatic rings. The number of nitrogens with zero attached hydrogens (tertiary/aromatic N) is 1. The summed E-state index contributed by atoms with van der Waals surface area (Å²) in [4.78, 5) is 33.5. The van der Waals surface area contributed by atoms with Crippen LogP contribution in [0.3, 0.4) is 0 Å². The highest BCUT2D eigenvalue weighted by molar-refractivity contribution is 5.96. The van der Waals surface area contributed by atoms with Crippen molar-refractivity contribution in [3.63, 3.8) is 0 Å². The molecule has 10 heteroatoms. The highest BCUT2D eigenvalue weighted by Gasteiger charge is 2.19. The van der Waals surface area contributed by atoms with Crippen molar-refractivity contribution in [3.8, 4) is 5.75 Å². The second-order valence-corrected chi connectivity index (χ2v) is 5.08. The molecule has 2 rings (SSSR count). The number of carbonyl (C=O) groups excluding carboxylic acids is 2. The minimum absolute atomic E-state index is 0.217. The van der Waals surface area contributed by atoms with E-state index in [-0.39, 0.29) is 11.3 Å². The van der Waals surface area contributed by atoms with Gasteiger partial charge in [0, 0.05) is 11.6 Å². The first kappa shape index (κ1) is 18.8.